The third-order valence-electron chi connectivity index (χ3n) is 2.91. The Hall–Kier alpha value is -1.66. The van der Waals surface area contributed by atoms with Crippen LogP contribution < -0.4 is 0 Å². The van der Waals surface area contributed by atoms with Crippen molar-refractivity contribution in [3.05, 3.63) is 35.2 Å². The fourth-order valence-electron chi connectivity index (χ4n) is 1.90. The minimum Gasteiger partial charge on any atom is -0.395 e. The average Bonchev–Trinajstić information content (AvgIpc) is 2.94. The number of aliphatic hydroxyl groups excluding tert-OH is 1. The van der Waals surface area contributed by atoms with Gasteiger partial charge in [0.05, 0.1) is 18.8 Å². The van der Waals surface area contributed by atoms with Crippen LogP contribution in [-0.2, 0) is 13.1 Å². The van der Waals surface area contributed by atoms with Gasteiger partial charge < -0.3 is 14.6 Å². The van der Waals surface area contributed by atoms with Gasteiger partial charge in [-0.2, -0.15) is 0 Å². The second-order valence-electron chi connectivity index (χ2n) is 4.27. The van der Waals surface area contributed by atoms with Crippen LogP contribution in [-0.4, -0.2) is 38.3 Å². The number of nitrogens with zero attached hydrogens (tertiary/aromatic N) is 3. The first-order chi connectivity index (χ1) is 8.70. The van der Waals surface area contributed by atoms with E-state index in [1.807, 2.05) is 13.8 Å². The predicted molar refractivity (Wildman–Crippen MR) is 65.8 cm³/mol. The normalized spacial score (nSPS) is 11.3. The fraction of sp³-hybridized carbons (Fsp3) is 0.500. The lowest BCUT2D eigenvalue weighted by atomic mass is 10.2. The van der Waals surface area contributed by atoms with Crippen LogP contribution >= 0.6 is 0 Å². The molecule has 2 aromatic rings. The van der Waals surface area contributed by atoms with Gasteiger partial charge in [0.1, 0.15) is 11.6 Å². The van der Waals surface area contributed by atoms with E-state index in [0.717, 1.165) is 22.8 Å². The summed E-state index contributed by atoms with van der Waals surface area (Å²) in [4.78, 5) is 9.36. The van der Waals surface area contributed by atoms with Gasteiger partial charge in [0.25, 0.3) is 0 Å². The number of nitrogens with one attached hydrogen (secondary N) is 1. The molecule has 0 radical (unpaired) electrons. The van der Waals surface area contributed by atoms with E-state index in [2.05, 4.69) is 20.0 Å². The van der Waals surface area contributed by atoms with Gasteiger partial charge in [-0.05, 0) is 13.8 Å². The van der Waals surface area contributed by atoms with Crippen molar-refractivity contribution >= 4 is 0 Å². The summed E-state index contributed by atoms with van der Waals surface area (Å²) < 4.78 is 5.15. The zero-order valence-corrected chi connectivity index (χ0v) is 10.7. The molecule has 6 nitrogen and oxygen atoms in total. The Bertz CT molecular complexity index is 459. The molecule has 98 valence electrons. The molecule has 0 unspecified atom stereocenters. The molecule has 0 bridgehead atoms. The van der Waals surface area contributed by atoms with Crippen molar-refractivity contribution in [1.29, 1.82) is 0 Å². The molecule has 0 aliphatic carbocycles. The van der Waals surface area contributed by atoms with Crippen molar-refractivity contribution in [2.45, 2.75) is 26.9 Å². The first-order valence-corrected chi connectivity index (χ1v) is 5.94. The molecule has 2 N–H and O–H groups in total. The maximum atomic E-state index is 9.12. The van der Waals surface area contributed by atoms with Crippen LogP contribution in [0.4, 0.5) is 0 Å². The molecule has 0 spiro atoms. The van der Waals surface area contributed by atoms with Gasteiger partial charge in [-0.25, -0.2) is 4.98 Å². The molecule has 2 aromatic heterocycles. The molecule has 18 heavy (non-hydrogen) atoms. The van der Waals surface area contributed by atoms with E-state index in [1.54, 1.807) is 12.4 Å². The summed E-state index contributed by atoms with van der Waals surface area (Å²) in [6.45, 7) is 5.89. The number of aryl methyl sites for hydroxylation is 2. The van der Waals surface area contributed by atoms with E-state index in [-0.39, 0.29) is 6.61 Å². The topological polar surface area (TPSA) is 78.2 Å². The third-order valence-corrected chi connectivity index (χ3v) is 2.91. The Morgan fingerprint density at radius 3 is 2.78 bits per heavy atom. The number of aromatic nitrogens is 3. The van der Waals surface area contributed by atoms with E-state index in [1.165, 1.54) is 0 Å². The van der Waals surface area contributed by atoms with Crippen LogP contribution in [0.2, 0.25) is 0 Å². The van der Waals surface area contributed by atoms with Crippen molar-refractivity contribution in [2.24, 2.45) is 0 Å². The maximum absolute atomic E-state index is 9.12. The van der Waals surface area contributed by atoms with Crippen LogP contribution in [0.5, 0.6) is 0 Å². The molecular formula is C12H18N4O2. The van der Waals surface area contributed by atoms with Crippen molar-refractivity contribution in [1.82, 2.24) is 20.0 Å². The lowest BCUT2D eigenvalue weighted by molar-refractivity contribution is 0.180. The molecular weight excluding hydrogens is 232 g/mol. The summed E-state index contributed by atoms with van der Waals surface area (Å²) in [5.41, 5.74) is 1.98. The smallest absolute Gasteiger partial charge is 0.138 e. The molecule has 0 aromatic carbocycles. The Kier molecular flexibility index (Phi) is 4.11. The van der Waals surface area contributed by atoms with Gasteiger partial charge >= 0.3 is 0 Å². The highest BCUT2D eigenvalue weighted by Crippen LogP contribution is 2.15. The highest BCUT2D eigenvalue weighted by Gasteiger charge is 2.14. The minimum absolute atomic E-state index is 0.115. The molecule has 0 fully saturated rings. The number of hydrogen-bond donors (Lipinski definition) is 2. The number of aromatic amines is 1. The SMILES string of the molecule is Cc1noc(C)c1CN(CCO)Cc1ncc[nH]1. The van der Waals surface area contributed by atoms with Gasteiger partial charge in [0.15, 0.2) is 0 Å². The highest BCUT2D eigenvalue weighted by molar-refractivity contribution is 5.20. The third kappa shape index (κ3) is 2.96. The monoisotopic (exact) mass is 250 g/mol. The number of imidazole rings is 1. The lowest BCUT2D eigenvalue weighted by Gasteiger charge is -2.19. The van der Waals surface area contributed by atoms with E-state index in [9.17, 15) is 0 Å². The number of rotatable bonds is 6. The summed E-state index contributed by atoms with van der Waals surface area (Å²) in [7, 11) is 0. The number of aliphatic hydroxyl groups is 1. The van der Waals surface area contributed by atoms with Gasteiger partial charge in [0, 0.05) is 31.0 Å². The van der Waals surface area contributed by atoms with E-state index >= 15 is 0 Å². The second kappa shape index (κ2) is 5.79. The summed E-state index contributed by atoms with van der Waals surface area (Å²) in [6, 6.07) is 0. The van der Waals surface area contributed by atoms with E-state index in [4.69, 9.17) is 9.63 Å². The zero-order chi connectivity index (χ0) is 13.0. The average molecular weight is 250 g/mol. The minimum atomic E-state index is 0.115. The molecule has 0 aliphatic heterocycles. The van der Waals surface area contributed by atoms with E-state index < -0.39 is 0 Å². The van der Waals surface area contributed by atoms with Crippen LogP contribution in [0.15, 0.2) is 16.9 Å². The fourth-order valence-corrected chi connectivity index (χ4v) is 1.90. The Balaban J connectivity index is 2.06. The number of H-pyrrole nitrogens is 1. The molecule has 6 heteroatoms. The zero-order valence-electron chi connectivity index (χ0n) is 10.7. The molecule has 2 heterocycles. The van der Waals surface area contributed by atoms with Gasteiger partial charge in [-0.15, -0.1) is 0 Å². The van der Waals surface area contributed by atoms with Crippen LogP contribution in [0.1, 0.15) is 22.8 Å². The van der Waals surface area contributed by atoms with Crippen LogP contribution in [0, 0.1) is 13.8 Å². The van der Waals surface area contributed by atoms with Crippen molar-refractivity contribution in [2.75, 3.05) is 13.2 Å². The first-order valence-electron chi connectivity index (χ1n) is 5.94. The van der Waals surface area contributed by atoms with Crippen molar-refractivity contribution in [3.63, 3.8) is 0 Å². The highest BCUT2D eigenvalue weighted by atomic mass is 16.5. The molecule has 0 amide bonds. The Morgan fingerprint density at radius 2 is 2.22 bits per heavy atom. The molecule has 2 rings (SSSR count). The van der Waals surface area contributed by atoms with Gasteiger partial charge in [-0.1, -0.05) is 5.16 Å². The van der Waals surface area contributed by atoms with Crippen molar-refractivity contribution in [3.8, 4) is 0 Å². The Morgan fingerprint density at radius 1 is 1.39 bits per heavy atom. The largest absolute Gasteiger partial charge is 0.395 e. The Labute approximate surface area is 106 Å². The second-order valence-corrected chi connectivity index (χ2v) is 4.27. The lowest BCUT2D eigenvalue weighted by Crippen LogP contribution is -2.27. The van der Waals surface area contributed by atoms with Gasteiger partial charge in [0.2, 0.25) is 0 Å². The van der Waals surface area contributed by atoms with E-state index in [0.29, 0.717) is 19.6 Å². The quantitative estimate of drug-likeness (QED) is 0.800. The summed E-state index contributed by atoms with van der Waals surface area (Å²) in [5, 5.41) is 13.1. The molecule has 0 saturated carbocycles. The summed E-state index contributed by atoms with van der Waals surface area (Å²) >= 11 is 0. The van der Waals surface area contributed by atoms with Crippen molar-refractivity contribution < 1.29 is 9.63 Å². The van der Waals surface area contributed by atoms with Gasteiger partial charge in [-0.3, -0.25) is 4.90 Å². The van der Waals surface area contributed by atoms with Crippen LogP contribution in [0.25, 0.3) is 0 Å². The number of hydrogen-bond acceptors (Lipinski definition) is 5. The standard InChI is InChI=1S/C12H18N4O2/c1-9-11(10(2)18-15-9)7-16(5-6-17)8-12-13-3-4-14-12/h3-4,17H,5-8H2,1-2H3,(H,13,14). The predicted octanol–water partition coefficient (Wildman–Crippen LogP) is 1.01. The summed E-state index contributed by atoms with van der Waals surface area (Å²) in [6.07, 6.45) is 3.52. The van der Waals surface area contributed by atoms with Crippen LogP contribution in [0.3, 0.4) is 0 Å². The molecule has 0 saturated heterocycles. The maximum Gasteiger partial charge on any atom is 0.138 e. The summed E-state index contributed by atoms with van der Waals surface area (Å²) in [5.74, 6) is 1.71. The molecule has 0 aliphatic rings. The molecule has 0 atom stereocenters. The first kappa shape index (κ1) is 12.8.